The van der Waals surface area contributed by atoms with Crippen LogP contribution in [0.2, 0.25) is 0 Å². The van der Waals surface area contributed by atoms with Crippen molar-refractivity contribution < 1.29 is 9.13 Å². The van der Waals surface area contributed by atoms with Gasteiger partial charge in [0, 0.05) is 59.5 Å². The second kappa shape index (κ2) is 9.66. The molecule has 1 aliphatic heterocycles. The number of ether oxygens (including phenoxy) is 1. The second-order valence-corrected chi connectivity index (χ2v) is 10.0. The number of hydrogen-bond donors (Lipinski definition) is 3. The molecule has 0 amide bonds. The Labute approximate surface area is 215 Å². The maximum absolute atomic E-state index is 15.3. The topological polar surface area (TPSA) is 98.0 Å². The van der Waals surface area contributed by atoms with Crippen LogP contribution in [0.4, 0.5) is 21.8 Å². The fourth-order valence-electron chi connectivity index (χ4n) is 5.27. The largest absolute Gasteiger partial charge is 0.421 e. The Kier molecular flexibility index (Phi) is 6.19. The Morgan fingerprint density at radius 2 is 1.95 bits per heavy atom. The van der Waals surface area contributed by atoms with E-state index in [1.54, 1.807) is 12.1 Å². The lowest BCUT2D eigenvalue weighted by Gasteiger charge is -2.26. The molecule has 3 aromatic heterocycles. The van der Waals surface area contributed by atoms with Gasteiger partial charge >= 0.3 is 6.01 Å². The molecule has 1 saturated carbocycles. The second-order valence-electron chi connectivity index (χ2n) is 10.0. The van der Waals surface area contributed by atoms with Crippen molar-refractivity contribution in [2.45, 2.75) is 52.0 Å². The van der Waals surface area contributed by atoms with E-state index < -0.39 is 5.82 Å². The summed E-state index contributed by atoms with van der Waals surface area (Å²) in [7, 11) is 0. The summed E-state index contributed by atoms with van der Waals surface area (Å²) in [5.74, 6) is 2.22. The molecule has 2 fully saturated rings. The van der Waals surface area contributed by atoms with Crippen molar-refractivity contribution in [1.29, 1.82) is 0 Å². The molecule has 0 bridgehead atoms. The van der Waals surface area contributed by atoms with Gasteiger partial charge in [-0.05, 0) is 57.5 Å². The van der Waals surface area contributed by atoms with Crippen LogP contribution in [-0.4, -0.2) is 62.3 Å². The molecule has 194 valence electrons. The van der Waals surface area contributed by atoms with Crippen LogP contribution in [0.5, 0.6) is 11.8 Å². The zero-order valence-corrected chi connectivity index (χ0v) is 21.5. The highest BCUT2D eigenvalue weighted by Gasteiger charge is 2.28. The first-order valence-corrected chi connectivity index (χ1v) is 13.2. The molecule has 1 saturated heterocycles. The molecule has 9 nitrogen and oxygen atoms in total. The third-order valence-corrected chi connectivity index (χ3v) is 7.42. The van der Waals surface area contributed by atoms with Gasteiger partial charge in [-0.15, -0.1) is 0 Å². The minimum Gasteiger partial charge on any atom is -0.421 e. The van der Waals surface area contributed by atoms with Crippen LogP contribution in [0.15, 0.2) is 30.3 Å². The molecule has 6 rings (SSSR count). The van der Waals surface area contributed by atoms with Crippen LogP contribution in [-0.2, 0) is 0 Å². The summed E-state index contributed by atoms with van der Waals surface area (Å²) in [4.78, 5) is 17.1. The molecule has 1 unspecified atom stereocenters. The summed E-state index contributed by atoms with van der Waals surface area (Å²) in [5, 5.41) is 11.3. The molecule has 4 heterocycles. The number of anilines is 3. The molecule has 10 heteroatoms. The van der Waals surface area contributed by atoms with Gasteiger partial charge in [-0.25, -0.2) is 4.39 Å². The Morgan fingerprint density at radius 3 is 2.73 bits per heavy atom. The van der Waals surface area contributed by atoms with Gasteiger partial charge in [0.15, 0.2) is 17.4 Å². The summed E-state index contributed by atoms with van der Waals surface area (Å²) in [6.07, 6.45) is 3.44. The van der Waals surface area contributed by atoms with E-state index in [1.165, 1.54) is 12.8 Å². The molecular formula is C27H33FN8O. The summed E-state index contributed by atoms with van der Waals surface area (Å²) < 4.78 is 21.2. The van der Waals surface area contributed by atoms with Crippen molar-refractivity contribution in [1.82, 2.24) is 30.0 Å². The first kappa shape index (κ1) is 23.7. The molecule has 1 aliphatic carbocycles. The number of nitrogens with zero attached hydrogens (tertiary/aromatic N) is 5. The molecule has 4 aromatic rings. The fraction of sp³-hybridized carbons (Fsp3) is 0.444. The van der Waals surface area contributed by atoms with Gasteiger partial charge in [-0.3, -0.25) is 10.00 Å². The van der Waals surface area contributed by atoms with E-state index in [0.717, 1.165) is 55.3 Å². The van der Waals surface area contributed by atoms with Gasteiger partial charge in [0.05, 0.1) is 0 Å². The molecule has 0 spiro atoms. The lowest BCUT2D eigenvalue weighted by Crippen LogP contribution is -2.37. The molecule has 1 atom stereocenters. The maximum Gasteiger partial charge on any atom is 0.326 e. The van der Waals surface area contributed by atoms with Gasteiger partial charge in [0.1, 0.15) is 11.6 Å². The van der Waals surface area contributed by atoms with E-state index in [9.17, 15) is 0 Å². The summed E-state index contributed by atoms with van der Waals surface area (Å²) in [5.41, 5.74) is 2.74. The van der Waals surface area contributed by atoms with E-state index in [-0.39, 0.29) is 11.8 Å². The SMILES string of the molecule is CCN(CC)C1CCN(c2cc(Nc3cc(C4CC4)[nH]n3)nc(Oc3ccc4[nH]c(C)cc4c3F)n2)C1. The minimum atomic E-state index is -0.436. The number of likely N-dealkylation sites (N-methyl/N-ethyl adjacent to an activating group) is 1. The number of benzene rings is 1. The highest BCUT2D eigenvalue weighted by Crippen LogP contribution is 2.40. The predicted molar refractivity (Wildman–Crippen MR) is 142 cm³/mol. The van der Waals surface area contributed by atoms with Gasteiger partial charge in [0.2, 0.25) is 0 Å². The fourth-order valence-corrected chi connectivity index (χ4v) is 5.27. The number of hydrogen-bond acceptors (Lipinski definition) is 7. The summed E-state index contributed by atoms with van der Waals surface area (Å²) in [6, 6.07) is 9.69. The monoisotopic (exact) mass is 504 g/mol. The van der Waals surface area contributed by atoms with Crippen molar-refractivity contribution in [3.8, 4) is 11.8 Å². The first-order valence-electron chi connectivity index (χ1n) is 13.2. The standard InChI is InChI=1S/C27H33FN8O/c1-4-35(5-2)18-10-11-36(15-18)25-14-23(30-24-13-21(33-34-24)17-6-7-17)31-27(32-25)37-22-9-8-20-19(26(22)28)12-16(3)29-20/h8-9,12-14,17-18,29H,4-7,10-11,15H2,1-3H3,(H2,30,31,32,33,34). The Morgan fingerprint density at radius 1 is 1.11 bits per heavy atom. The number of H-pyrrole nitrogens is 2. The van der Waals surface area contributed by atoms with E-state index in [1.807, 2.05) is 25.1 Å². The molecule has 1 aromatic carbocycles. The predicted octanol–water partition coefficient (Wildman–Crippen LogP) is 5.46. The summed E-state index contributed by atoms with van der Waals surface area (Å²) in [6.45, 7) is 10.1. The van der Waals surface area contributed by atoms with Gasteiger partial charge < -0.3 is 19.9 Å². The van der Waals surface area contributed by atoms with Crippen LogP contribution in [0.1, 0.15) is 50.4 Å². The molecule has 37 heavy (non-hydrogen) atoms. The first-order chi connectivity index (χ1) is 18.0. The van der Waals surface area contributed by atoms with Gasteiger partial charge in [-0.1, -0.05) is 13.8 Å². The molecule has 3 N–H and O–H groups in total. The lowest BCUT2D eigenvalue weighted by atomic mass is 10.2. The Balaban J connectivity index is 1.31. The lowest BCUT2D eigenvalue weighted by molar-refractivity contribution is 0.232. The quantitative estimate of drug-likeness (QED) is 0.278. The Hall–Kier alpha value is -3.66. The third kappa shape index (κ3) is 4.85. The normalized spacial score (nSPS) is 17.8. The van der Waals surface area contributed by atoms with Crippen molar-refractivity contribution in [3.63, 3.8) is 0 Å². The van der Waals surface area contributed by atoms with E-state index in [2.05, 4.69) is 49.1 Å². The van der Waals surface area contributed by atoms with Crippen LogP contribution < -0.4 is 15.0 Å². The third-order valence-electron chi connectivity index (χ3n) is 7.42. The van der Waals surface area contributed by atoms with Crippen LogP contribution in [0.3, 0.4) is 0 Å². The van der Waals surface area contributed by atoms with Crippen molar-refractivity contribution in [2.24, 2.45) is 0 Å². The number of nitrogens with one attached hydrogen (secondary N) is 3. The number of aryl methyl sites for hydroxylation is 1. The van der Waals surface area contributed by atoms with E-state index in [0.29, 0.717) is 29.0 Å². The van der Waals surface area contributed by atoms with Crippen LogP contribution in [0.25, 0.3) is 10.9 Å². The zero-order chi connectivity index (χ0) is 25.5. The highest BCUT2D eigenvalue weighted by atomic mass is 19.1. The molecule has 0 radical (unpaired) electrons. The van der Waals surface area contributed by atoms with Gasteiger partial charge in [-0.2, -0.15) is 15.1 Å². The van der Waals surface area contributed by atoms with E-state index in [4.69, 9.17) is 9.72 Å². The van der Waals surface area contributed by atoms with Gasteiger partial charge in [0.25, 0.3) is 0 Å². The number of aromatic nitrogens is 5. The Bertz CT molecular complexity index is 1410. The van der Waals surface area contributed by atoms with E-state index >= 15 is 4.39 Å². The smallest absolute Gasteiger partial charge is 0.326 e. The van der Waals surface area contributed by atoms with Crippen molar-refractivity contribution in [2.75, 3.05) is 36.4 Å². The number of fused-ring (bicyclic) bond motifs is 1. The maximum atomic E-state index is 15.3. The zero-order valence-electron chi connectivity index (χ0n) is 21.5. The van der Waals surface area contributed by atoms with Crippen LogP contribution in [0, 0.1) is 12.7 Å². The number of aromatic amines is 2. The number of halogens is 1. The number of rotatable bonds is 9. The minimum absolute atomic E-state index is 0.0906. The highest BCUT2D eigenvalue weighted by molar-refractivity contribution is 5.82. The van der Waals surface area contributed by atoms with Crippen LogP contribution >= 0.6 is 0 Å². The summed E-state index contributed by atoms with van der Waals surface area (Å²) >= 11 is 0. The molecular weight excluding hydrogens is 471 g/mol. The van der Waals surface area contributed by atoms with Crippen molar-refractivity contribution in [3.05, 3.63) is 47.5 Å². The molecule has 2 aliphatic rings. The van der Waals surface area contributed by atoms with Crippen molar-refractivity contribution >= 4 is 28.4 Å². The average molecular weight is 505 g/mol. The average Bonchev–Trinajstić information content (AvgIpc) is 3.25.